The highest BCUT2D eigenvalue weighted by Crippen LogP contribution is 2.36. The van der Waals surface area contributed by atoms with Gasteiger partial charge in [-0.1, -0.05) is 35.5 Å². The van der Waals surface area contributed by atoms with Crippen LogP contribution >= 0.6 is 0 Å². The van der Waals surface area contributed by atoms with E-state index in [0.717, 1.165) is 34.7 Å². The monoisotopic (exact) mass is 318 g/mol. The van der Waals surface area contributed by atoms with E-state index in [4.69, 9.17) is 9.26 Å². The van der Waals surface area contributed by atoms with Gasteiger partial charge in [0, 0.05) is 29.3 Å². The van der Waals surface area contributed by atoms with Gasteiger partial charge in [-0.15, -0.1) is 0 Å². The average molecular weight is 318 g/mol. The van der Waals surface area contributed by atoms with Crippen molar-refractivity contribution in [1.82, 2.24) is 9.72 Å². The highest BCUT2D eigenvalue weighted by atomic mass is 16.5. The molecule has 2 aromatic heterocycles. The summed E-state index contributed by atoms with van der Waals surface area (Å²) in [4.78, 5) is 0. The molecule has 0 saturated carbocycles. The van der Waals surface area contributed by atoms with Crippen LogP contribution in [0.3, 0.4) is 0 Å². The number of nitrogens with zero attached hydrogens (tertiary/aromatic N) is 2. The van der Waals surface area contributed by atoms with Crippen molar-refractivity contribution < 1.29 is 9.26 Å². The summed E-state index contributed by atoms with van der Waals surface area (Å²) < 4.78 is 12.8. The molecule has 0 aliphatic heterocycles. The molecule has 4 nitrogen and oxygen atoms in total. The van der Waals surface area contributed by atoms with Crippen LogP contribution in [0.15, 0.2) is 65.5 Å². The minimum absolute atomic E-state index is 0.832. The molecule has 0 fully saturated rings. The number of ether oxygens (including phenoxy) is 1. The van der Waals surface area contributed by atoms with E-state index in [2.05, 4.69) is 47.1 Å². The summed E-state index contributed by atoms with van der Waals surface area (Å²) in [5.74, 6) is 0.832. The second-order valence-electron chi connectivity index (χ2n) is 5.65. The first-order chi connectivity index (χ1) is 11.8. The predicted octanol–water partition coefficient (Wildman–Crippen LogP) is 4.99. The molecule has 4 aromatic rings. The van der Waals surface area contributed by atoms with Crippen LogP contribution in [0.1, 0.15) is 6.92 Å². The van der Waals surface area contributed by atoms with Crippen molar-refractivity contribution in [3.63, 3.8) is 0 Å². The summed E-state index contributed by atoms with van der Waals surface area (Å²) in [6.07, 6.45) is 3.82. The van der Waals surface area contributed by atoms with Crippen LogP contribution in [0.4, 0.5) is 0 Å². The van der Waals surface area contributed by atoms with Crippen molar-refractivity contribution in [1.29, 1.82) is 0 Å². The summed E-state index contributed by atoms with van der Waals surface area (Å²) in [7, 11) is 1.67. The van der Waals surface area contributed by atoms with Crippen molar-refractivity contribution in [3.8, 4) is 28.1 Å². The third kappa shape index (κ3) is 2.27. The zero-order chi connectivity index (χ0) is 16.5. The molecule has 0 amide bonds. The van der Waals surface area contributed by atoms with E-state index >= 15 is 0 Å². The van der Waals surface area contributed by atoms with Crippen LogP contribution < -0.4 is 4.74 Å². The molecule has 2 aromatic carbocycles. The first-order valence-electron chi connectivity index (χ1n) is 7.99. The first kappa shape index (κ1) is 14.6. The fourth-order valence-electron chi connectivity index (χ4n) is 3.12. The zero-order valence-corrected chi connectivity index (χ0v) is 13.7. The lowest BCUT2D eigenvalue weighted by Crippen LogP contribution is -1.94. The Bertz CT molecular complexity index is 980. The summed E-state index contributed by atoms with van der Waals surface area (Å²) in [6, 6.07) is 16.3. The quantitative estimate of drug-likeness (QED) is 0.532. The second-order valence-corrected chi connectivity index (χ2v) is 5.65. The molecule has 0 N–H and O–H groups in total. The third-order valence-electron chi connectivity index (χ3n) is 4.35. The maximum Gasteiger partial charge on any atom is 0.132 e. The Hall–Kier alpha value is -3.01. The number of aromatic nitrogens is 2. The Morgan fingerprint density at radius 2 is 1.88 bits per heavy atom. The second kappa shape index (κ2) is 5.89. The molecule has 120 valence electrons. The summed E-state index contributed by atoms with van der Waals surface area (Å²) in [6.45, 7) is 3.06. The molecule has 24 heavy (non-hydrogen) atoms. The van der Waals surface area contributed by atoms with Gasteiger partial charge < -0.3 is 13.8 Å². The molecule has 0 aliphatic rings. The number of hydrogen-bond donors (Lipinski definition) is 0. The van der Waals surface area contributed by atoms with Gasteiger partial charge in [-0.2, -0.15) is 0 Å². The van der Waals surface area contributed by atoms with Gasteiger partial charge in [0.15, 0.2) is 0 Å². The smallest absolute Gasteiger partial charge is 0.132 e. The summed E-state index contributed by atoms with van der Waals surface area (Å²) >= 11 is 0. The number of hydrogen-bond acceptors (Lipinski definition) is 3. The van der Waals surface area contributed by atoms with E-state index in [0.29, 0.717) is 0 Å². The van der Waals surface area contributed by atoms with Crippen LogP contribution in [0.5, 0.6) is 5.75 Å². The Labute approximate surface area is 140 Å². The van der Waals surface area contributed by atoms with Crippen molar-refractivity contribution in [3.05, 3.63) is 61.0 Å². The first-order valence-corrected chi connectivity index (χ1v) is 7.99. The number of rotatable bonds is 4. The van der Waals surface area contributed by atoms with Crippen molar-refractivity contribution in [2.24, 2.45) is 0 Å². The van der Waals surface area contributed by atoms with E-state index in [9.17, 15) is 0 Å². The minimum Gasteiger partial charge on any atom is -0.497 e. The lowest BCUT2D eigenvalue weighted by atomic mass is 10.0. The van der Waals surface area contributed by atoms with Crippen molar-refractivity contribution in [2.75, 3.05) is 7.11 Å². The molecule has 2 heterocycles. The molecule has 4 heteroatoms. The number of benzene rings is 2. The highest BCUT2D eigenvalue weighted by Gasteiger charge is 2.16. The van der Waals surface area contributed by atoms with E-state index in [1.165, 1.54) is 10.9 Å². The van der Waals surface area contributed by atoms with Gasteiger partial charge in [0.1, 0.15) is 17.7 Å². The molecule has 4 rings (SSSR count). The third-order valence-corrected chi connectivity index (χ3v) is 4.35. The largest absolute Gasteiger partial charge is 0.497 e. The van der Waals surface area contributed by atoms with Gasteiger partial charge in [-0.05, 0) is 30.7 Å². The average Bonchev–Trinajstić information content (AvgIpc) is 3.28. The molecule has 0 bridgehead atoms. The fraction of sp³-hybridized carbons (Fsp3) is 0.150. The van der Waals surface area contributed by atoms with E-state index in [1.54, 1.807) is 13.4 Å². The van der Waals surface area contributed by atoms with E-state index in [1.807, 2.05) is 24.3 Å². The predicted molar refractivity (Wildman–Crippen MR) is 95.1 cm³/mol. The van der Waals surface area contributed by atoms with Crippen LogP contribution in [0, 0.1) is 0 Å². The summed E-state index contributed by atoms with van der Waals surface area (Å²) in [5.41, 5.74) is 5.16. The number of methoxy groups -OCH3 is 1. The normalized spacial score (nSPS) is 11.1. The molecular weight excluding hydrogens is 300 g/mol. The SMILES string of the molecule is CCn1ccc2cccc(-c3nocc3-c3ccc(OC)cc3)c21. The van der Waals surface area contributed by atoms with Gasteiger partial charge in [0.2, 0.25) is 0 Å². The van der Waals surface area contributed by atoms with Gasteiger partial charge in [-0.3, -0.25) is 0 Å². The highest BCUT2D eigenvalue weighted by molar-refractivity contribution is 5.97. The molecule has 0 radical (unpaired) electrons. The van der Waals surface area contributed by atoms with Crippen molar-refractivity contribution in [2.45, 2.75) is 13.5 Å². The number of para-hydroxylation sites is 1. The maximum absolute atomic E-state index is 5.32. The molecule has 0 saturated heterocycles. The Morgan fingerprint density at radius 1 is 1.04 bits per heavy atom. The lowest BCUT2D eigenvalue weighted by Gasteiger charge is -2.08. The van der Waals surface area contributed by atoms with Crippen molar-refractivity contribution >= 4 is 10.9 Å². The van der Waals surface area contributed by atoms with Gasteiger partial charge in [0.25, 0.3) is 0 Å². The van der Waals surface area contributed by atoms with Crippen LogP contribution in [-0.2, 0) is 6.54 Å². The molecule has 0 unspecified atom stereocenters. The Kier molecular flexibility index (Phi) is 3.58. The molecular formula is C20H18N2O2. The van der Waals surface area contributed by atoms with Crippen LogP contribution in [0.25, 0.3) is 33.3 Å². The van der Waals surface area contributed by atoms with Gasteiger partial charge >= 0.3 is 0 Å². The number of aryl methyl sites for hydroxylation is 1. The van der Waals surface area contributed by atoms with E-state index < -0.39 is 0 Å². The fourth-order valence-corrected chi connectivity index (χ4v) is 3.12. The summed E-state index contributed by atoms with van der Waals surface area (Å²) in [5, 5.41) is 5.50. The molecule has 0 aliphatic carbocycles. The lowest BCUT2D eigenvalue weighted by molar-refractivity contribution is 0.415. The zero-order valence-electron chi connectivity index (χ0n) is 13.7. The molecule has 0 atom stereocenters. The molecule has 0 spiro atoms. The van der Waals surface area contributed by atoms with Gasteiger partial charge in [-0.25, -0.2) is 0 Å². The minimum atomic E-state index is 0.832. The standard InChI is InChI=1S/C20H18N2O2/c1-3-22-12-11-15-5-4-6-17(20(15)22)19-18(13-24-21-19)14-7-9-16(23-2)10-8-14/h4-13H,3H2,1-2H3. The number of fused-ring (bicyclic) bond motifs is 1. The Balaban J connectivity index is 1.90. The Morgan fingerprint density at radius 3 is 2.62 bits per heavy atom. The van der Waals surface area contributed by atoms with Gasteiger partial charge in [0.05, 0.1) is 12.6 Å². The van der Waals surface area contributed by atoms with Crippen LogP contribution in [-0.4, -0.2) is 16.8 Å². The topological polar surface area (TPSA) is 40.2 Å². The van der Waals surface area contributed by atoms with Crippen LogP contribution in [0.2, 0.25) is 0 Å². The maximum atomic E-state index is 5.32. The van der Waals surface area contributed by atoms with E-state index in [-0.39, 0.29) is 0 Å².